The Morgan fingerprint density at radius 1 is 1.21 bits per heavy atom. The van der Waals surface area contributed by atoms with Crippen molar-refractivity contribution in [2.45, 2.75) is 39.3 Å². The van der Waals surface area contributed by atoms with Crippen LogP contribution >= 0.6 is 0 Å². The van der Waals surface area contributed by atoms with Gasteiger partial charge in [0, 0.05) is 11.8 Å². The number of nitrogens with zero attached hydrogens (tertiary/aromatic N) is 2. The zero-order valence-corrected chi connectivity index (χ0v) is 17.5. The molecular formula is C23H29N3O3. The first-order valence-corrected chi connectivity index (χ1v) is 9.63. The van der Waals surface area contributed by atoms with Gasteiger partial charge in [-0.2, -0.15) is 0 Å². The fraction of sp³-hybridized carbons (Fsp3) is 0.348. The lowest BCUT2D eigenvalue weighted by molar-refractivity contribution is -0.147. The van der Waals surface area contributed by atoms with Gasteiger partial charge >= 0.3 is 5.97 Å². The van der Waals surface area contributed by atoms with E-state index in [1.54, 1.807) is 23.4 Å². The van der Waals surface area contributed by atoms with Crippen molar-refractivity contribution < 1.29 is 14.3 Å². The highest BCUT2D eigenvalue weighted by molar-refractivity contribution is 6.16. The number of ether oxygens (including phenoxy) is 1. The maximum absolute atomic E-state index is 12.8. The second-order valence-corrected chi connectivity index (χ2v) is 7.66. The molecule has 6 nitrogen and oxygen atoms in total. The van der Waals surface area contributed by atoms with Crippen molar-refractivity contribution >= 4 is 23.6 Å². The third-order valence-electron chi connectivity index (χ3n) is 4.05. The lowest BCUT2D eigenvalue weighted by Crippen LogP contribution is -2.25. The Morgan fingerprint density at radius 2 is 1.93 bits per heavy atom. The van der Waals surface area contributed by atoms with Crippen LogP contribution in [-0.2, 0) is 20.9 Å². The summed E-state index contributed by atoms with van der Waals surface area (Å²) in [7, 11) is 1.86. The minimum Gasteiger partial charge on any atom is -0.456 e. The van der Waals surface area contributed by atoms with Gasteiger partial charge in [-0.25, -0.2) is 4.79 Å². The summed E-state index contributed by atoms with van der Waals surface area (Å²) < 4.78 is 5.57. The predicted molar refractivity (Wildman–Crippen MR) is 115 cm³/mol. The van der Waals surface area contributed by atoms with Gasteiger partial charge in [0.15, 0.2) is 0 Å². The van der Waals surface area contributed by atoms with Crippen LogP contribution in [0.25, 0.3) is 5.57 Å². The Kier molecular flexibility index (Phi) is 8.09. The Hall–Kier alpha value is -2.99. The third kappa shape index (κ3) is 7.16. The molecular weight excluding hydrogens is 366 g/mol. The van der Waals surface area contributed by atoms with E-state index >= 15 is 0 Å². The third-order valence-corrected chi connectivity index (χ3v) is 4.05. The van der Waals surface area contributed by atoms with Crippen molar-refractivity contribution in [3.8, 4) is 0 Å². The maximum Gasteiger partial charge on any atom is 0.338 e. The van der Waals surface area contributed by atoms with Gasteiger partial charge in [-0.05, 0) is 52.4 Å². The van der Waals surface area contributed by atoms with E-state index in [4.69, 9.17) is 4.74 Å². The minimum atomic E-state index is -0.605. The highest BCUT2D eigenvalue weighted by atomic mass is 16.6. The maximum atomic E-state index is 12.8. The van der Waals surface area contributed by atoms with Crippen molar-refractivity contribution in [1.82, 2.24) is 10.3 Å². The van der Waals surface area contributed by atoms with E-state index in [1.165, 1.54) is 0 Å². The number of carbonyl (C=O) groups excluding carboxylic acids is 2. The Bertz CT molecular complexity index is 842. The first kappa shape index (κ1) is 22.3. The quantitative estimate of drug-likeness (QED) is 0.304. The van der Waals surface area contributed by atoms with Crippen LogP contribution in [0, 0.1) is 0 Å². The number of aromatic nitrogens is 1. The van der Waals surface area contributed by atoms with Crippen LogP contribution in [-0.4, -0.2) is 36.6 Å². The molecule has 0 aliphatic heterocycles. The molecule has 0 spiro atoms. The average molecular weight is 396 g/mol. The average Bonchev–Trinajstić information content (AvgIpc) is 2.69. The van der Waals surface area contributed by atoms with Crippen molar-refractivity contribution in [3.63, 3.8) is 0 Å². The molecule has 2 aromatic rings. The molecule has 0 aliphatic carbocycles. The first-order valence-electron chi connectivity index (χ1n) is 9.63. The van der Waals surface area contributed by atoms with Gasteiger partial charge < -0.3 is 15.0 Å². The van der Waals surface area contributed by atoms with E-state index in [1.807, 2.05) is 64.2 Å². The molecule has 29 heavy (non-hydrogen) atoms. The fourth-order valence-corrected chi connectivity index (χ4v) is 2.71. The summed E-state index contributed by atoms with van der Waals surface area (Å²) >= 11 is 0. The van der Waals surface area contributed by atoms with Gasteiger partial charge in [0.05, 0.1) is 24.0 Å². The van der Waals surface area contributed by atoms with E-state index in [9.17, 15) is 9.59 Å². The number of rotatable bonds is 9. The topological polar surface area (TPSA) is 71.5 Å². The van der Waals surface area contributed by atoms with E-state index in [-0.39, 0.29) is 0 Å². The van der Waals surface area contributed by atoms with Crippen LogP contribution in [0.5, 0.6) is 0 Å². The summed E-state index contributed by atoms with van der Waals surface area (Å²) in [5, 5.41) is 3.06. The van der Waals surface area contributed by atoms with Gasteiger partial charge in [0.25, 0.3) is 0 Å². The van der Waals surface area contributed by atoms with E-state index in [0.29, 0.717) is 29.8 Å². The number of hydrogen-bond acceptors (Lipinski definition) is 5. The SMILES string of the molecule is CNCC/C=C(\C(=O)OC(C)(C)C)c1cncc(N(C=O)Cc2ccccc2)c1. The number of hydrogen-bond donors (Lipinski definition) is 1. The van der Waals surface area contributed by atoms with Crippen LogP contribution in [0.3, 0.4) is 0 Å². The molecule has 0 fully saturated rings. The molecule has 0 atom stereocenters. The van der Waals surface area contributed by atoms with Crippen LogP contribution in [0.1, 0.15) is 38.3 Å². The van der Waals surface area contributed by atoms with Gasteiger partial charge in [0.2, 0.25) is 6.41 Å². The van der Waals surface area contributed by atoms with E-state index in [2.05, 4.69) is 10.3 Å². The second-order valence-electron chi connectivity index (χ2n) is 7.66. The Morgan fingerprint density at radius 3 is 2.55 bits per heavy atom. The number of anilines is 1. The molecule has 154 valence electrons. The standard InChI is InChI=1S/C23H29N3O3/c1-23(2,3)29-22(28)21(11-8-12-24-4)19-13-20(15-25-14-19)26(17-27)16-18-9-6-5-7-10-18/h5-7,9-11,13-15,17,24H,8,12,16H2,1-4H3/b21-11-. The zero-order valence-electron chi connectivity index (χ0n) is 17.5. The van der Waals surface area contributed by atoms with E-state index in [0.717, 1.165) is 18.5 Å². The monoisotopic (exact) mass is 395 g/mol. The first-order chi connectivity index (χ1) is 13.8. The molecule has 0 unspecified atom stereocenters. The normalized spacial score (nSPS) is 11.8. The van der Waals surface area contributed by atoms with E-state index < -0.39 is 11.6 Å². The summed E-state index contributed by atoms with van der Waals surface area (Å²) in [5.41, 5.74) is 2.07. The largest absolute Gasteiger partial charge is 0.456 e. The Labute approximate surface area is 172 Å². The van der Waals surface area contributed by atoms with Crippen LogP contribution in [0.15, 0.2) is 54.9 Å². The number of esters is 1. The fourth-order valence-electron chi connectivity index (χ4n) is 2.71. The van der Waals surface area contributed by atoms with Gasteiger partial charge in [0.1, 0.15) is 5.60 Å². The number of carbonyl (C=O) groups is 2. The molecule has 1 N–H and O–H groups in total. The molecule has 1 amide bonds. The number of amides is 1. The lowest BCUT2D eigenvalue weighted by Gasteiger charge is -2.22. The number of benzene rings is 1. The van der Waals surface area contributed by atoms with Crippen molar-refractivity contribution in [1.29, 1.82) is 0 Å². The van der Waals surface area contributed by atoms with Crippen LogP contribution in [0.4, 0.5) is 5.69 Å². The van der Waals surface area contributed by atoms with Crippen molar-refractivity contribution in [3.05, 3.63) is 66.0 Å². The van der Waals surface area contributed by atoms with Crippen LogP contribution in [0.2, 0.25) is 0 Å². The number of nitrogens with one attached hydrogen (secondary N) is 1. The molecule has 6 heteroatoms. The highest BCUT2D eigenvalue weighted by Gasteiger charge is 2.22. The highest BCUT2D eigenvalue weighted by Crippen LogP contribution is 2.24. The summed E-state index contributed by atoms with van der Waals surface area (Å²) in [6.45, 7) is 6.64. The van der Waals surface area contributed by atoms with Gasteiger partial charge in [-0.15, -0.1) is 0 Å². The van der Waals surface area contributed by atoms with Gasteiger partial charge in [-0.3, -0.25) is 9.78 Å². The lowest BCUT2D eigenvalue weighted by atomic mass is 10.1. The summed E-state index contributed by atoms with van der Waals surface area (Å²) in [6.07, 6.45) is 6.50. The molecule has 1 aromatic carbocycles. The van der Waals surface area contributed by atoms with Crippen molar-refractivity contribution in [2.75, 3.05) is 18.5 Å². The summed E-state index contributed by atoms with van der Waals surface area (Å²) in [4.78, 5) is 30.3. The molecule has 1 heterocycles. The molecule has 2 rings (SSSR count). The van der Waals surface area contributed by atoms with Crippen LogP contribution < -0.4 is 10.2 Å². The summed E-state index contributed by atoms with van der Waals surface area (Å²) in [6, 6.07) is 11.5. The molecule has 0 radical (unpaired) electrons. The molecule has 0 saturated heterocycles. The molecule has 0 saturated carbocycles. The zero-order chi connectivity index (χ0) is 21.3. The second kappa shape index (κ2) is 10.5. The number of pyridine rings is 1. The molecule has 0 aliphatic rings. The van der Waals surface area contributed by atoms with Crippen molar-refractivity contribution in [2.24, 2.45) is 0 Å². The predicted octanol–water partition coefficient (Wildman–Crippen LogP) is 3.58. The smallest absolute Gasteiger partial charge is 0.338 e. The summed E-state index contributed by atoms with van der Waals surface area (Å²) in [5.74, 6) is -0.409. The molecule has 1 aromatic heterocycles. The Balaban J connectivity index is 2.33. The minimum absolute atomic E-state index is 0.409. The molecule has 0 bridgehead atoms. The van der Waals surface area contributed by atoms with Gasteiger partial charge in [-0.1, -0.05) is 36.4 Å².